The van der Waals surface area contributed by atoms with E-state index in [-0.39, 0.29) is 42.2 Å². The molecule has 3 aromatic carbocycles. The number of Topliss-reactive ketones (excluding diaryl/α,β-unsaturated/α-hetero) is 1. The number of aliphatic hydroxyl groups excluding tert-OH is 1. The van der Waals surface area contributed by atoms with Crippen molar-refractivity contribution in [3.63, 3.8) is 0 Å². The van der Waals surface area contributed by atoms with Crippen LogP contribution in [0.5, 0.6) is 0 Å². The van der Waals surface area contributed by atoms with E-state index in [4.69, 9.17) is 0 Å². The number of aryl methyl sites for hydroxylation is 1. The lowest BCUT2D eigenvalue weighted by Crippen LogP contribution is -2.47. The molecule has 6 rings (SSSR count). The number of aromatic nitrogens is 1. The molecule has 260 valence electrons. The second-order valence-electron chi connectivity index (χ2n) is 14.1. The normalized spacial score (nSPS) is 19.9. The molecule has 3 atom stereocenters. The number of carbonyl (C=O) groups is 2. The van der Waals surface area contributed by atoms with Crippen molar-refractivity contribution in [2.75, 3.05) is 17.9 Å². The van der Waals surface area contributed by atoms with Crippen LogP contribution in [-0.2, 0) is 40.7 Å². The number of aliphatic hydroxyl groups is 1. The third-order valence-electron chi connectivity index (χ3n) is 10.2. The van der Waals surface area contributed by atoms with Gasteiger partial charge in [-0.05, 0) is 86.4 Å². The van der Waals surface area contributed by atoms with Gasteiger partial charge >= 0.3 is 0 Å². The maximum Gasteiger partial charge on any atom is 0.241 e. The molecule has 0 aliphatic carbocycles. The summed E-state index contributed by atoms with van der Waals surface area (Å²) in [5.41, 5.74) is 3.56. The van der Waals surface area contributed by atoms with Gasteiger partial charge in [0.25, 0.3) is 0 Å². The van der Waals surface area contributed by atoms with E-state index in [1.165, 1.54) is 23.5 Å². The van der Waals surface area contributed by atoms with E-state index >= 15 is 0 Å². The lowest BCUT2D eigenvalue weighted by atomic mass is 9.79. The zero-order valence-electron chi connectivity index (χ0n) is 28.3. The van der Waals surface area contributed by atoms with Crippen LogP contribution in [0.1, 0.15) is 67.1 Å². The quantitative estimate of drug-likeness (QED) is 0.198. The van der Waals surface area contributed by atoms with Crippen molar-refractivity contribution in [2.45, 2.75) is 76.8 Å². The minimum atomic E-state index is -3.81. The maximum absolute atomic E-state index is 14.3. The number of amides is 1. The summed E-state index contributed by atoms with van der Waals surface area (Å²) in [5, 5.41) is 12.6. The molecule has 1 amide bonds. The fourth-order valence-electron chi connectivity index (χ4n) is 7.57. The molecule has 2 aliphatic rings. The van der Waals surface area contributed by atoms with Crippen LogP contribution in [0.4, 0.5) is 14.5 Å². The summed E-state index contributed by atoms with van der Waals surface area (Å²) in [6.07, 6.45) is 2.13. The van der Waals surface area contributed by atoms with Crippen molar-refractivity contribution in [1.82, 2.24) is 9.47 Å². The van der Waals surface area contributed by atoms with E-state index < -0.39 is 44.3 Å². The molecule has 1 saturated heterocycles. The molecular formula is C38H43F2N3O5S. The Morgan fingerprint density at radius 2 is 1.73 bits per heavy atom. The van der Waals surface area contributed by atoms with Gasteiger partial charge in [0.15, 0.2) is 5.78 Å². The maximum atomic E-state index is 14.3. The molecule has 0 saturated carbocycles. The van der Waals surface area contributed by atoms with E-state index in [9.17, 15) is 31.9 Å². The molecule has 11 heteroatoms. The highest BCUT2D eigenvalue weighted by Crippen LogP contribution is 2.41. The van der Waals surface area contributed by atoms with Gasteiger partial charge in [-0.2, -0.15) is 0 Å². The zero-order chi connectivity index (χ0) is 35.2. The van der Waals surface area contributed by atoms with Crippen molar-refractivity contribution in [3.05, 3.63) is 101 Å². The highest BCUT2D eigenvalue weighted by atomic mass is 32.2. The number of sulfonamides is 1. The van der Waals surface area contributed by atoms with Gasteiger partial charge in [0.2, 0.25) is 15.9 Å². The Balaban J connectivity index is 1.36. The van der Waals surface area contributed by atoms with Gasteiger partial charge in [-0.3, -0.25) is 13.9 Å². The second kappa shape index (κ2) is 13.3. The first-order valence-corrected chi connectivity index (χ1v) is 18.3. The Hall–Kier alpha value is -4.09. The summed E-state index contributed by atoms with van der Waals surface area (Å²) in [6, 6.07) is 16.0. The molecule has 1 aromatic heterocycles. The van der Waals surface area contributed by atoms with Gasteiger partial charge in [0.1, 0.15) is 16.4 Å². The van der Waals surface area contributed by atoms with Crippen molar-refractivity contribution < 1.29 is 31.9 Å². The molecule has 2 aliphatic heterocycles. The van der Waals surface area contributed by atoms with Crippen molar-refractivity contribution in [1.29, 1.82) is 0 Å². The van der Waals surface area contributed by atoms with Crippen LogP contribution >= 0.6 is 0 Å². The molecule has 4 aromatic rings. The number of carbonyl (C=O) groups excluding carboxylic acids is 2. The zero-order valence-corrected chi connectivity index (χ0v) is 29.1. The Morgan fingerprint density at radius 1 is 1.04 bits per heavy atom. The molecule has 1 N–H and O–H groups in total. The minimum Gasteiger partial charge on any atom is -0.392 e. The summed E-state index contributed by atoms with van der Waals surface area (Å²) < 4.78 is 58.0. The SMILES string of the molecule is CCc1cn2c3c(cc(C(=O)C[C@@H](Cc4cc(F)cc(F)c4)[C@H](O)[C@@H]4CCCN(Cc5ccccc5)C4=O)cc13)N(C)S(=O)(=O)C(C)(C)C2. The van der Waals surface area contributed by atoms with E-state index in [2.05, 4.69) is 0 Å². The summed E-state index contributed by atoms with van der Waals surface area (Å²) in [6.45, 7) is 6.52. The topological polar surface area (TPSA) is 99.9 Å². The smallest absolute Gasteiger partial charge is 0.241 e. The average Bonchev–Trinajstić information content (AvgIpc) is 3.38. The molecule has 8 nitrogen and oxygen atoms in total. The number of ketones is 1. The minimum absolute atomic E-state index is 0.0434. The number of halogens is 2. The summed E-state index contributed by atoms with van der Waals surface area (Å²) in [5.74, 6) is -3.81. The van der Waals surface area contributed by atoms with Gasteiger partial charge in [-0.25, -0.2) is 17.2 Å². The molecule has 1 fully saturated rings. The Labute approximate surface area is 286 Å². The first-order valence-electron chi connectivity index (χ1n) is 16.8. The van der Waals surface area contributed by atoms with Gasteiger partial charge in [0, 0.05) is 56.3 Å². The average molecular weight is 692 g/mol. The van der Waals surface area contributed by atoms with Gasteiger partial charge < -0.3 is 14.6 Å². The second-order valence-corrected chi connectivity index (χ2v) is 16.7. The third-order valence-corrected chi connectivity index (χ3v) is 12.7. The van der Waals surface area contributed by atoms with E-state index in [0.717, 1.165) is 28.1 Å². The highest BCUT2D eigenvalue weighted by Gasteiger charge is 2.43. The molecule has 0 bridgehead atoms. The number of nitrogens with zero attached hydrogens (tertiary/aromatic N) is 3. The van der Waals surface area contributed by atoms with Crippen molar-refractivity contribution >= 4 is 38.3 Å². The number of anilines is 1. The number of hydrogen-bond donors (Lipinski definition) is 1. The van der Waals surface area contributed by atoms with Crippen LogP contribution in [-0.4, -0.2) is 59.1 Å². The van der Waals surface area contributed by atoms with Crippen LogP contribution in [0, 0.1) is 23.5 Å². The monoisotopic (exact) mass is 691 g/mol. The standard InChI is InChI=1S/C38H43F2N3O5S/c1-5-26-22-43-23-38(2,3)49(47,48)41(4)33-18-27(17-32(26)35(33)43)34(44)19-28(14-25-15-29(39)20-30(40)16-25)36(45)31-12-9-13-42(37(31)46)21-24-10-7-6-8-11-24/h6-8,10-11,15-18,20,22,28,31,36,45H,5,9,12-14,19,21,23H2,1-4H3/t28-,31+,36+/m1/s1. The van der Waals surface area contributed by atoms with Gasteiger partial charge in [0.05, 0.1) is 23.2 Å². The Kier molecular flexibility index (Phi) is 9.45. The van der Waals surface area contributed by atoms with Crippen LogP contribution in [0.3, 0.4) is 0 Å². The number of likely N-dealkylation sites (tertiary alicyclic amines) is 1. The van der Waals surface area contributed by atoms with Crippen LogP contribution in [0.2, 0.25) is 0 Å². The predicted molar refractivity (Wildman–Crippen MR) is 186 cm³/mol. The number of hydrogen-bond acceptors (Lipinski definition) is 5. The highest BCUT2D eigenvalue weighted by molar-refractivity contribution is 7.94. The predicted octanol–water partition coefficient (Wildman–Crippen LogP) is 6.27. The molecule has 3 heterocycles. The first kappa shape index (κ1) is 34.8. The van der Waals surface area contributed by atoms with Crippen molar-refractivity contribution in [3.8, 4) is 0 Å². The van der Waals surface area contributed by atoms with E-state index in [0.29, 0.717) is 38.0 Å². The molecule has 0 spiro atoms. The van der Waals surface area contributed by atoms with Crippen LogP contribution in [0.15, 0.2) is 66.9 Å². The number of benzene rings is 3. The number of piperidine rings is 1. The summed E-state index contributed by atoms with van der Waals surface area (Å²) in [7, 11) is -2.31. The number of rotatable bonds is 10. The van der Waals surface area contributed by atoms with Crippen LogP contribution in [0.25, 0.3) is 10.9 Å². The summed E-state index contributed by atoms with van der Waals surface area (Å²) in [4.78, 5) is 29.7. The Morgan fingerprint density at radius 3 is 2.41 bits per heavy atom. The van der Waals surface area contributed by atoms with Gasteiger partial charge in [-0.1, -0.05) is 37.3 Å². The van der Waals surface area contributed by atoms with Crippen molar-refractivity contribution in [2.24, 2.45) is 11.8 Å². The van der Waals surface area contributed by atoms with E-state index in [1.54, 1.807) is 30.9 Å². The lowest BCUT2D eigenvalue weighted by molar-refractivity contribution is -0.145. The largest absolute Gasteiger partial charge is 0.392 e. The van der Waals surface area contributed by atoms with Crippen LogP contribution < -0.4 is 4.31 Å². The van der Waals surface area contributed by atoms with Gasteiger partial charge in [-0.15, -0.1) is 0 Å². The summed E-state index contributed by atoms with van der Waals surface area (Å²) >= 11 is 0. The Bertz CT molecular complexity index is 1990. The van der Waals surface area contributed by atoms with E-state index in [1.807, 2.05) is 48.0 Å². The fourth-order valence-corrected chi connectivity index (χ4v) is 9.01. The lowest BCUT2D eigenvalue weighted by Gasteiger charge is -2.37. The first-order chi connectivity index (χ1) is 23.2. The molecular weight excluding hydrogens is 648 g/mol. The molecule has 0 unspecified atom stereocenters. The molecule has 0 radical (unpaired) electrons. The fraction of sp³-hybridized carbons (Fsp3) is 0.421. The molecule has 49 heavy (non-hydrogen) atoms. The third kappa shape index (κ3) is 6.62.